The van der Waals surface area contributed by atoms with Crippen molar-refractivity contribution >= 4 is 21.6 Å². The van der Waals surface area contributed by atoms with E-state index in [0.717, 1.165) is 35.3 Å². The predicted octanol–water partition coefficient (Wildman–Crippen LogP) is 4.25. The van der Waals surface area contributed by atoms with Crippen molar-refractivity contribution in [3.05, 3.63) is 59.7 Å². The molecule has 182 valence electrons. The van der Waals surface area contributed by atoms with Crippen LogP contribution in [0.2, 0.25) is 0 Å². The van der Waals surface area contributed by atoms with Crippen LogP contribution in [0.25, 0.3) is 0 Å². The van der Waals surface area contributed by atoms with Gasteiger partial charge in [0, 0.05) is 6.54 Å². The molecule has 0 spiro atoms. The van der Waals surface area contributed by atoms with E-state index in [9.17, 15) is 13.2 Å². The number of methoxy groups -OCH3 is 1. The summed E-state index contributed by atoms with van der Waals surface area (Å²) in [6, 6.07) is 15.4. The van der Waals surface area contributed by atoms with Gasteiger partial charge < -0.3 is 10.1 Å². The Morgan fingerprint density at radius 1 is 0.971 bits per heavy atom. The molecular formula is C27H34N2O4S. The van der Waals surface area contributed by atoms with Gasteiger partial charge in [-0.2, -0.15) is 0 Å². The molecule has 0 heterocycles. The molecule has 2 aromatic rings. The third kappa shape index (κ3) is 4.67. The van der Waals surface area contributed by atoms with Crippen LogP contribution in [-0.2, 0) is 26.8 Å². The van der Waals surface area contributed by atoms with Crippen molar-refractivity contribution in [2.75, 3.05) is 24.2 Å². The van der Waals surface area contributed by atoms with Gasteiger partial charge >= 0.3 is 0 Å². The van der Waals surface area contributed by atoms with Gasteiger partial charge in [-0.25, -0.2) is 8.42 Å². The highest BCUT2D eigenvalue weighted by molar-refractivity contribution is 7.92. The molecule has 0 atom stereocenters. The lowest BCUT2D eigenvalue weighted by molar-refractivity contribution is -0.119. The summed E-state index contributed by atoms with van der Waals surface area (Å²) < 4.78 is 31.4. The van der Waals surface area contributed by atoms with E-state index >= 15 is 0 Å². The number of amides is 1. The van der Waals surface area contributed by atoms with Crippen molar-refractivity contribution in [3.8, 4) is 5.75 Å². The summed E-state index contributed by atoms with van der Waals surface area (Å²) in [5.74, 6) is 2.97. The van der Waals surface area contributed by atoms with Gasteiger partial charge in [0.05, 0.1) is 19.1 Å². The molecule has 1 N–H and O–H groups in total. The third-order valence-corrected chi connectivity index (χ3v) is 9.28. The number of hydrogen-bond acceptors (Lipinski definition) is 4. The normalized spacial score (nSPS) is 27.4. The summed E-state index contributed by atoms with van der Waals surface area (Å²) in [4.78, 5) is 12.6. The lowest BCUT2D eigenvalue weighted by Gasteiger charge is -2.57. The van der Waals surface area contributed by atoms with Crippen LogP contribution in [0, 0.1) is 17.8 Å². The SMILES string of the molecule is COc1ccc(CNC(=O)CN(c2ccc(C34CC5CC(CC(C5)C3)C4)cc2)S(C)(=O)=O)cc1. The van der Waals surface area contributed by atoms with Gasteiger partial charge in [-0.1, -0.05) is 24.3 Å². The number of nitrogens with one attached hydrogen (secondary N) is 1. The molecule has 4 aliphatic rings. The maximum atomic E-state index is 12.6. The van der Waals surface area contributed by atoms with E-state index in [4.69, 9.17) is 4.74 Å². The third-order valence-electron chi connectivity index (χ3n) is 8.14. The van der Waals surface area contributed by atoms with E-state index in [0.29, 0.717) is 12.2 Å². The van der Waals surface area contributed by atoms with Gasteiger partial charge in [0.25, 0.3) is 0 Å². The van der Waals surface area contributed by atoms with Gasteiger partial charge in [0.2, 0.25) is 15.9 Å². The van der Waals surface area contributed by atoms with Crippen LogP contribution in [0.4, 0.5) is 5.69 Å². The number of carbonyl (C=O) groups excluding carboxylic acids is 1. The highest BCUT2D eigenvalue weighted by Gasteiger charge is 2.51. The largest absolute Gasteiger partial charge is 0.497 e. The lowest BCUT2D eigenvalue weighted by atomic mass is 9.48. The minimum atomic E-state index is -3.61. The molecule has 7 heteroatoms. The van der Waals surface area contributed by atoms with Gasteiger partial charge in [-0.05, 0) is 97.1 Å². The van der Waals surface area contributed by atoms with Crippen LogP contribution < -0.4 is 14.4 Å². The molecular weight excluding hydrogens is 448 g/mol. The molecule has 0 aromatic heterocycles. The van der Waals surface area contributed by atoms with Crippen molar-refractivity contribution in [2.24, 2.45) is 17.8 Å². The first-order valence-corrected chi connectivity index (χ1v) is 14.1. The van der Waals surface area contributed by atoms with Crippen LogP contribution in [-0.4, -0.2) is 34.2 Å². The molecule has 4 fully saturated rings. The second-order valence-electron chi connectivity index (χ2n) is 10.6. The van der Waals surface area contributed by atoms with Crippen LogP contribution in [0.3, 0.4) is 0 Å². The summed E-state index contributed by atoms with van der Waals surface area (Å²) >= 11 is 0. The first-order valence-electron chi connectivity index (χ1n) is 12.2. The van der Waals surface area contributed by atoms with Crippen molar-refractivity contribution in [3.63, 3.8) is 0 Å². The maximum Gasteiger partial charge on any atom is 0.241 e. The number of hydrogen-bond donors (Lipinski definition) is 1. The summed E-state index contributed by atoms with van der Waals surface area (Å²) in [6.45, 7) is 0.0804. The standard InChI is InChI=1S/C27H34N2O4S/c1-33-25-9-3-19(4-10-25)17-28-26(30)18-29(34(2,31)32)24-7-5-23(6-8-24)27-14-20-11-21(15-27)13-22(12-20)16-27/h3-10,20-22H,11-18H2,1-2H3,(H,28,30). The van der Waals surface area contributed by atoms with Crippen molar-refractivity contribution in [1.29, 1.82) is 0 Å². The summed E-state index contributed by atoms with van der Waals surface area (Å²) in [5.41, 5.74) is 3.06. The zero-order valence-electron chi connectivity index (χ0n) is 20.0. The van der Waals surface area contributed by atoms with Gasteiger partial charge in [-0.15, -0.1) is 0 Å². The molecule has 0 saturated heterocycles. The van der Waals surface area contributed by atoms with Crippen molar-refractivity contribution in [2.45, 2.75) is 50.5 Å². The van der Waals surface area contributed by atoms with E-state index in [1.54, 1.807) is 7.11 Å². The molecule has 0 aliphatic heterocycles. The minimum Gasteiger partial charge on any atom is -0.497 e. The second-order valence-corrected chi connectivity index (χ2v) is 12.5. The second kappa shape index (κ2) is 8.91. The summed E-state index contributed by atoms with van der Waals surface area (Å²) in [5, 5.41) is 2.82. The lowest BCUT2D eigenvalue weighted by Crippen LogP contribution is -2.48. The molecule has 0 unspecified atom stereocenters. The Hall–Kier alpha value is -2.54. The number of benzene rings is 2. The molecule has 34 heavy (non-hydrogen) atoms. The number of sulfonamides is 1. The topological polar surface area (TPSA) is 75.7 Å². The first-order chi connectivity index (χ1) is 16.2. The summed E-state index contributed by atoms with van der Waals surface area (Å²) in [6.07, 6.45) is 9.13. The Bertz CT molecular complexity index is 1110. The Balaban J connectivity index is 1.27. The molecule has 4 bridgehead atoms. The Labute approximate surface area is 202 Å². The highest BCUT2D eigenvalue weighted by Crippen LogP contribution is 2.60. The monoisotopic (exact) mass is 482 g/mol. The molecule has 0 radical (unpaired) electrons. The number of anilines is 1. The Kier molecular flexibility index (Phi) is 6.09. The fourth-order valence-corrected chi connectivity index (χ4v) is 7.83. The van der Waals surface area contributed by atoms with E-state index in [1.165, 1.54) is 48.4 Å². The zero-order chi connectivity index (χ0) is 23.9. The minimum absolute atomic E-state index is 0.244. The fourth-order valence-electron chi connectivity index (χ4n) is 6.98. The van der Waals surface area contributed by atoms with Crippen molar-refractivity contribution < 1.29 is 17.9 Å². The molecule has 1 amide bonds. The van der Waals surface area contributed by atoms with E-state index in [-0.39, 0.29) is 17.9 Å². The smallest absolute Gasteiger partial charge is 0.241 e. The quantitative estimate of drug-likeness (QED) is 0.611. The summed E-state index contributed by atoms with van der Waals surface area (Å²) in [7, 11) is -2.00. The number of carbonyl (C=O) groups is 1. The van der Waals surface area contributed by atoms with Gasteiger partial charge in [0.15, 0.2) is 0 Å². The molecule has 2 aromatic carbocycles. The highest BCUT2D eigenvalue weighted by atomic mass is 32.2. The van der Waals surface area contributed by atoms with Gasteiger partial charge in [-0.3, -0.25) is 9.10 Å². The average Bonchev–Trinajstić information content (AvgIpc) is 2.80. The van der Waals surface area contributed by atoms with Gasteiger partial charge in [0.1, 0.15) is 12.3 Å². The Morgan fingerprint density at radius 3 is 2.03 bits per heavy atom. The number of nitrogens with zero attached hydrogens (tertiary/aromatic N) is 1. The van der Waals surface area contributed by atoms with E-state index in [1.807, 2.05) is 36.4 Å². The van der Waals surface area contributed by atoms with Crippen molar-refractivity contribution in [1.82, 2.24) is 5.32 Å². The average molecular weight is 483 g/mol. The van der Waals surface area contributed by atoms with E-state index in [2.05, 4.69) is 17.4 Å². The molecule has 6 rings (SSSR count). The zero-order valence-corrected chi connectivity index (χ0v) is 20.8. The van der Waals surface area contributed by atoms with Crippen LogP contribution in [0.15, 0.2) is 48.5 Å². The number of rotatable bonds is 8. The molecule has 6 nitrogen and oxygen atoms in total. The van der Waals surface area contributed by atoms with Crippen LogP contribution in [0.1, 0.15) is 49.7 Å². The molecule has 4 aliphatic carbocycles. The molecule has 4 saturated carbocycles. The maximum absolute atomic E-state index is 12.6. The predicted molar refractivity (Wildman–Crippen MR) is 133 cm³/mol. The fraction of sp³-hybridized carbons (Fsp3) is 0.519. The van der Waals surface area contributed by atoms with Crippen LogP contribution >= 0.6 is 0 Å². The van der Waals surface area contributed by atoms with Crippen LogP contribution in [0.5, 0.6) is 5.75 Å². The number of ether oxygens (including phenoxy) is 1. The Morgan fingerprint density at radius 2 is 1.53 bits per heavy atom. The van der Waals surface area contributed by atoms with E-state index < -0.39 is 10.0 Å². The first kappa shape index (κ1) is 23.2.